The molecule has 0 radical (unpaired) electrons. The predicted octanol–water partition coefficient (Wildman–Crippen LogP) is 8.54. The summed E-state index contributed by atoms with van der Waals surface area (Å²) >= 11 is 0. The first kappa shape index (κ1) is 41.3. The van der Waals surface area contributed by atoms with E-state index in [0.717, 1.165) is 0 Å². The van der Waals surface area contributed by atoms with E-state index in [0.29, 0.717) is 42.4 Å². The second-order valence-corrected chi connectivity index (χ2v) is 18.4. The Kier molecular flexibility index (Phi) is 12.7. The van der Waals surface area contributed by atoms with Crippen molar-refractivity contribution in [1.82, 2.24) is 0 Å². The van der Waals surface area contributed by atoms with Crippen molar-refractivity contribution < 1.29 is 54.4 Å². The Bertz CT molecular complexity index is 2700. The van der Waals surface area contributed by atoms with Gasteiger partial charge in [-0.25, -0.2) is 25.3 Å². The second-order valence-electron chi connectivity index (χ2n) is 12.6. The molecule has 0 spiro atoms. The summed E-state index contributed by atoms with van der Waals surface area (Å²) in [6.45, 7) is 2.51. The molecule has 0 bridgehead atoms. The molecule has 0 fully saturated rings. The van der Waals surface area contributed by atoms with Crippen LogP contribution in [-0.2, 0) is 29.5 Å². The molecule has 6 aromatic carbocycles. The molecular formula is C43H38O12S3. The highest BCUT2D eigenvalue weighted by Crippen LogP contribution is 2.34. The van der Waals surface area contributed by atoms with Crippen LogP contribution in [0.4, 0.5) is 0 Å². The summed E-state index contributed by atoms with van der Waals surface area (Å²) in [6, 6.07) is 32.4. The van der Waals surface area contributed by atoms with Crippen molar-refractivity contribution in [2.75, 3.05) is 13.2 Å². The third-order valence-corrected chi connectivity index (χ3v) is 13.8. The first-order valence-electron chi connectivity index (χ1n) is 17.8. The van der Waals surface area contributed by atoms with Crippen LogP contribution in [0.25, 0.3) is 0 Å². The third-order valence-electron chi connectivity index (χ3n) is 8.46. The van der Waals surface area contributed by atoms with Gasteiger partial charge in [0.05, 0.1) is 48.8 Å². The zero-order valence-corrected chi connectivity index (χ0v) is 33.4. The Morgan fingerprint density at radius 1 is 0.466 bits per heavy atom. The molecule has 6 aromatic rings. The number of benzene rings is 6. The SMILES string of the molecule is CCCOc1cc(S(=O)(=O)c2ccc(Oc3ccc(S(=O)(=O)c4ccc(O)cc4)cc3)cc2)ccc1OC=CCCOc1ccc(S(=O)(=O)c2ccc(O)cc2)cc1. The van der Waals surface area contributed by atoms with Gasteiger partial charge in [0.25, 0.3) is 0 Å². The van der Waals surface area contributed by atoms with Gasteiger partial charge < -0.3 is 29.2 Å². The summed E-state index contributed by atoms with van der Waals surface area (Å²) in [6.07, 6.45) is 4.28. The van der Waals surface area contributed by atoms with E-state index in [1.54, 1.807) is 18.2 Å². The zero-order chi connectivity index (χ0) is 41.3. The van der Waals surface area contributed by atoms with Crippen molar-refractivity contribution in [3.05, 3.63) is 152 Å². The van der Waals surface area contributed by atoms with Crippen LogP contribution in [0.3, 0.4) is 0 Å². The quantitative estimate of drug-likeness (QED) is 0.0661. The molecule has 0 saturated heterocycles. The smallest absolute Gasteiger partial charge is 0.206 e. The topological polar surface area (TPSA) is 180 Å². The van der Waals surface area contributed by atoms with Crippen molar-refractivity contribution in [3.8, 4) is 40.2 Å². The maximum Gasteiger partial charge on any atom is 0.206 e. The predicted molar refractivity (Wildman–Crippen MR) is 214 cm³/mol. The van der Waals surface area contributed by atoms with Gasteiger partial charge in [-0.3, -0.25) is 0 Å². The zero-order valence-electron chi connectivity index (χ0n) is 31.0. The van der Waals surface area contributed by atoms with Crippen LogP contribution in [-0.4, -0.2) is 48.7 Å². The van der Waals surface area contributed by atoms with Gasteiger partial charge in [-0.1, -0.05) is 6.92 Å². The summed E-state index contributed by atoms with van der Waals surface area (Å²) in [5, 5.41) is 18.9. The summed E-state index contributed by atoms with van der Waals surface area (Å²) in [5.74, 6) is 1.61. The molecular weight excluding hydrogens is 805 g/mol. The van der Waals surface area contributed by atoms with Crippen LogP contribution in [0.1, 0.15) is 19.8 Å². The van der Waals surface area contributed by atoms with Crippen molar-refractivity contribution in [3.63, 3.8) is 0 Å². The van der Waals surface area contributed by atoms with Crippen molar-refractivity contribution in [1.29, 1.82) is 0 Å². The molecule has 0 amide bonds. The minimum absolute atomic E-state index is 0.00990. The normalized spacial score (nSPS) is 11.9. The lowest BCUT2D eigenvalue weighted by Crippen LogP contribution is -2.04. The second kappa shape index (κ2) is 17.9. The molecule has 15 heteroatoms. The Labute approximate surface area is 337 Å². The largest absolute Gasteiger partial charge is 0.508 e. The summed E-state index contributed by atoms with van der Waals surface area (Å²) in [7, 11) is -11.5. The lowest BCUT2D eigenvalue weighted by Gasteiger charge is -2.13. The highest BCUT2D eigenvalue weighted by atomic mass is 32.2. The fourth-order valence-electron chi connectivity index (χ4n) is 5.40. The van der Waals surface area contributed by atoms with Gasteiger partial charge in [-0.15, -0.1) is 0 Å². The molecule has 0 aliphatic carbocycles. The molecule has 0 aromatic heterocycles. The molecule has 0 saturated carbocycles. The summed E-state index contributed by atoms with van der Waals surface area (Å²) < 4.78 is 102. The van der Waals surface area contributed by atoms with Gasteiger partial charge in [0.15, 0.2) is 11.5 Å². The molecule has 0 heterocycles. The number of aromatic hydroxyl groups is 2. The molecule has 0 aliphatic rings. The molecule has 2 N–H and O–H groups in total. The third kappa shape index (κ3) is 9.80. The van der Waals surface area contributed by atoms with E-state index in [4.69, 9.17) is 18.9 Å². The molecule has 0 aliphatic heterocycles. The monoisotopic (exact) mass is 842 g/mol. The molecule has 6 rings (SSSR count). The van der Waals surface area contributed by atoms with Gasteiger partial charge in [-0.05, 0) is 146 Å². The maximum atomic E-state index is 13.6. The first-order valence-corrected chi connectivity index (χ1v) is 22.2. The van der Waals surface area contributed by atoms with Gasteiger partial charge in [0.1, 0.15) is 28.7 Å². The van der Waals surface area contributed by atoms with Crippen molar-refractivity contribution >= 4 is 29.5 Å². The molecule has 12 nitrogen and oxygen atoms in total. The number of phenols is 2. The summed E-state index contributed by atoms with van der Waals surface area (Å²) in [4.78, 5) is 0.230. The lowest BCUT2D eigenvalue weighted by atomic mass is 10.3. The van der Waals surface area contributed by atoms with Crippen LogP contribution in [0.5, 0.6) is 40.2 Å². The van der Waals surface area contributed by atoms with E-state index in [9.17, 15) is 35.5 Å². The Morgan fingerprint density at radius 3 is 1.31 bits per heavy atom. The maximum absolute atomic E-state index is 13.6. The van der Waals surface area contributed by atoms with Crippen molar-refractivity contribution in [2.45, 2.75) is 49.1 Å². The molecule has 300 valence electrons. The van der Waals surface area contributed by atoms with Gasteiger partial charge in [0, 0.05) is 12.5 Å². The number of phenolic OH excluding ortho intramolecular Hbond substituents is 2. The van der Waals surface area contributed by atoms with Crippen LogP contribution >= 0.6 is 0 Å². The highest BCUT2D eigenvalue weighted by molar-refractivity contribution is 7.92. The van der Waals surface area contributed by atoms with Gasteiger partial charge in [-0.2, -0.15) is 0 Å². The number of ether oxygens (including phenoxy) is 4. The number of hydrogen-bond donors (Lipinski definition) is 2. The fourth-order valence-corrected chi connectivity index (χ4v) is 9.19. The van der Waals surface area contributed by atoms with E-state index in [1.165, 1.54) is 134 Å². The van der Waals surface area contributed by atoms with Crippen LogP contribution in [0.15, 0.2) is 181 Å². The average molecular weight is 843 g/mol. The van der Waals surface area contributed by atoms with E-state index >= 15 is 0 Å². The number of hydrogen-bond acceptors (Lipinski definition) is 12. The molecule has 58 heavy (non-hydrogen) atoms. The highest BCUT2D eigenvalue weighted by Gasteiger charge is 2.22. The minimum Gasteiger partial charge on any atom is -0.508 e. The number of sulfone groups is 3. The van der Waals surface area contributed by atoms with Crippen molar-refractivity contribution in [2.24, 2.45) is 0 Å². The van der Waals surface area contributed by atoms with E-state index in [2.05, 4.69) is 0 Å². The standard InChI is InChI=1S/C43H38O12S3/c1-2-27-53-43-30-41(25-26-42(43)54-29-4-3-28-52-33-9-19-38(20-10-33)56(46,47)36-15-5-31(44)6-16-36)58(50,51)40-23-13-35(14-24-40)55-34-11-21-39(22-12-34)57(48,49)37-17-7-32(45)8-18-37/h4-26,29-30,44-45H,2-3,27-28H2,1H3. The Hall–Kier alpha value is -6.29. The van der Waals surface area contributed by atoms with Crippen LogP contribution in [0, 0.1) is 0 Å². The molecule has 0 atom stereocenters. The Morgan fingerprint density at radius 2 is 0.862 bits per heavy atom. The van der Waals surface area contributed by atoms with E-state index < -0.39 is 29.5 Å². The number of rotatable bonds is 17. The van der Waals surface area contributed by atoms with Gasteiger partial charge >= 0.3 is 0 Å². The van der Waals surface area contributed by atoms with E-state index in [-0.39, 0.29) is 53.2 Å². The van der Waals surface area contributed by atoms with Gasteiger partial charge in [0.2, 0.25) is 29.5 Å². The average Bonchev–Trinajstić information content (AvgIpc) is 3.22. The fraction of sp³-hybridized carbons (Fsp3) is 0.116. The summed E-state index contributed by atoms with van der Waals surface area (Å²) in [5.41, 5.74) is 0. The Balaban J connectivity index is 1.04. The molecule has 0 unspecified atom stereocenters. The van der Waals surface area contributed by atoms with Crippen LogP contribution < -0.4 is 18.9 Å². The minimum atomic E-state index is -3.98. The first-order chi connectivity index (χ1) is 27.8. The lowest BCUT2D eigenvalue weighted by molar-refractivity contribution is 0.300. The van der Waals surface area contributed by atoms with E-state index in [1.807, 2.05) is 6.92 Å². The van der Waals surface area contributed by atoms with Crippen LogP contribution in [0.2, 0.25) is 0 Å².